The first-order valence-electron chi connectivity index (χ1n) is 12.3. The summed E-state index contributed by atoms with van der Waals surface area (Å²) in [6.07, 6.45) is 12.6. The van der Waals surface area contributed by atoms with Crippen LogP contribution < -0.4 is 15.1 Å². The Hall–Kier alpha value is -1.65. The first kappa shape index (κ1) is 20.3. The summed E-state index contributed by atoms with van der Waals surface area (Å²) in [6, 6.07) is 10.6. The highest BCUT2D eigenvalue weighted by Gasteiger charge is 2.52. The molecule has 6 rings (SSSR count). The van der Waals surface area contributed by atoms with E-state index in [2.05, 4.69) is 54.7 Å². The van der Waals surface area contributed by atoms with Crippen molar-refractivity contribution < 1.29 is 14.6 Å². The van der Waals surface area contributed by atoms with Crippen LogP contribution in [-0.4, -0.2) is 50.2 Å². The number of piperazine rings is 1. The number of quaternary nitrogens is 2. The third-order valence-electron chi connectivity index (χ3n) is 8.55. The predicted octanol–water partition coefficient (Wildman–Crippen LogP) is 0.957. The van der Waals surface area contributed by atoms with Gasteiger partial charge in [-0.3, -0.25) is 4.79 Å². The first-order chi connectivity index (χ1) is 14.6. The third-order valence-corrected chi connectivity index (χ3v) is 8.55. The number of amides is 1. The molecule has 0 radical (unpaired) electrons. The molecular weight excluding hydrogens is 370 g/mol. The molecule has 1 atom stereocenters. The Morgan fingerprint density at radius 3 is 2.23 bits per heavy atom. The average Bonchev–Trinajstić information content (AvgIpc) is 2.73. The smallest absolute Gasteiger partial charge is 0.278 e. The number of carbonyl (C=O) groups excluding carboxylic acids is 1. The van der Waals surface area contributed by atoms with Gasteiger partial charge in [0.05, 0.1) is 6.54 Å². The molecule has 0 unspecified atom stereocenters. The average molecular weight is 410 g/mol. The molecule has 4 aliphatic carbocycles. The van der Waals surface area contributed by atoms with Gasteiger partial charge in [0.15, 0.2) is 6.04 Å². The van der Waals surface area contributed by atoms with Gasteiger partial charge in [-0.2, -0.15) is 0 Å². The van der Waals surface area contributed by atoms with E-state index in [1.165, 1.54) is 49.0 Å². The summed E-state index contributed by atoms with van der Waals surface area (Å²) in [4.78, 5) is 16.3. The lowest BCUT2D eigenvalue weighted by Gasteiger charge is -2.57. The summed E-state index contributed by atoms with van der Waals surface area (Å²) in [5, 5.41) is 3.61. The van der Waals surface area contributed by atoms with Gasteiger partial charge in [0, 0.05) is 5.54 Å². The maximum absolute atomic E-state index is 13.2. The molecule has 0 spiro atoms. The van der Waals surface area contributed by atoms with Gasteiger partial charge in [0.25, 0.3) is 5.91 Å². The van der Waals surface area contributed by atoms with E-state index >= 15 is 0 Å². The second-order valence-electron chi connectivity index (χ2n) is 10.8. The minimum absolute atomic E-state index is 0.0828. The van der Waals surface area contributed by atoms with Gasteiger partial charge < -0.3 is 15.1 Å². The van der Waals surface area contributed by atoms with Crippen LogP contribution in [0.4, 0.5) is 0 Å². The van der Waals surface area contributed by atoms with Crippen molar-refractivity contribution in [2.45, 2.75) is 57.0 Å². The lowest BCUT2D eigenvalue weighted by molar-refractivity contribution is -1.02. The highest BCUT2D eigenvalue weighted by molar-refractivity contribution is 5.80. The van der Waals surface area contributed by atoms with E-state index in [0.29, 0.717) is 5.91 Å². The van der Waals surface area contributed by atoms with Crippen LogP contribution in [0.1, 0.15) is 51.0 Å². The van der Waals surface area contributed by atoms with E-state index in [-0.39, 0.29) is 11.6 Å². The molecule has 1 saturated heterocycles. The Kier molecular flexibility index (Phi) is 5.72. The molecule has 4 bridgehead atoms. The zero-order valence-corrected chi connectivity index (χ0v) is 18.5. The number of hydrogen-bond donors (Lipinski definition) is 3. The molecule has 1 heterocycles. The van der Waals surface area contributed by atoms with Crippen LogP contribution in [0.3, 0.4) is 0 Å². The number of hydrogen-bond acceptors (Lipinski definition) is 1. The molecule has 1 aromatic carbocycles. The lowest BCUT2D eigenvalue weighted by atomic mass is 9.53. The van der Waals surface area contributed by atoms with Gasteiger partial charge in [0.2, 0.25) is 0 Å². The van der Waals surface area contributed by atoms with Crippen LogP contribution in [0.15, 0.2) is 36.4 Å². The van der Waals surface area contributed by atoms with Crippen LogP contribution >= 0.6 is 0 Å². The van der Waals surface area contributed by atoms with Crippen molar-refractivity contribution in [2.24, 2.45) is 17.8 Å². The monoisotopic (exact) mass is 409 g/mol. The van der Waals surface area contributed by atoms with Crippen molar-refractivity contribution in [1.29, 1.82) is 0 Å². The van der Waals surface area contributed by atoms with Gasteiger partial charge in [0.1, 0.15) is 26.2 Å². The molecule has 4 nitrogen and oxygen atoms in total. The van der Waals surface area contributed by atoms with E-state index < -0.39 is 0 Å². The number of rotatable bonds is 6. The third kappa shape index (κ3) is 4.36. The fourth-order valence-corrected chi connectivity index (χ4v) is 7.31. The first-order valence-corrected chi connectivity index (χ1v) is 12.3. The molecule has 1 amide bonds. The Labute approximate surface area is 181 Å². The second kappa shape index (κ2) is 8.47. The standard InChI is InChI=1S/C26H37N3O/c1-20(25(30)27-26-17-22-14-23(18-26)16-24(15-22)19-26)29-12-10-28(11-13-29)9-5-8-21-6-3-2-4-7-21/h2-8,20,22-24H,9-19H2,1H3,(H,27,30)/p+2/b8-5+/t20-,22?,23?,24?,26?/m0/s1. The summed E-state index contributed by atoms with van der Waals surface area (Å²) >= 11 is 0. The minimum atomic E-state index is 0.0828. The molecule has 30 heavy (non-hydrogen) atoms. The highest BCUT2D eigenvalue weighted by atomic mass is 16.2. The molecule has 162 valence electrons. The van der Waals surface area contributed by atoms with E-state index in [4.69, 9.17) is 0 Å². The summed E-state index contributed by atoms with van der Waals surface area (Å²) < 4.78 is 0. The fraction of sp³-hybridized carbons (Fsp3) is 0.654. The maximum atomic E-state index is 13.2. The molecule has 5 fully saturated rings. The molecule has 4 saturated carbocycles. The quantitative estimate of drug-likeness (QED) is 0.643. The lowest BCUT2D eigenvalue weighted by Crippen LogP contribution is -3.30. The van der Waals surface area contributed by atoms with Crippen LogP contribution in [0.2, 0.25) is 0 Å². The number of benzene rings is 1. The fourth-order valence-electron chi connectivity index (χ4n) is 7.31. The topological polar surface area (TPSA) is 38.0 Å². The largest absolute Gasteiger partial charge is 0.345 e. The molecule has 3 N–H and O–H groups in total. The van der Waals surface area contributed by atoms with Crippen LogP contribution in [0.5, 0.6) is 0 Å². The van der Waals surface area contributed by atoms with Crippen molar-refractivity contribution >= 4 is 12.0 Å². The molecule has 1 aromatic rings. The summed E-state index contributed by atoms with van der Waals surface area (Å²) in [7, 11) is 0. The Bertz CT molecular complexity index is 730. The Balaban J connectivity index is 1.09. The van der Waals surface area contributed by atoms with Crippen molar-refractivity contribution in [2.75, 3.05) is 32.7 Å². The van der Waals surface area contributed by atoms with Crippen molar-refractivity contribution in [3.8, 4) is 0 Å². The van der Waals surface area contributed by atoms with E-state index in [9.17, 15) is 4.79 Å². The molecule has 0 aromatic heterocycles. The summed E-state index contributed by atoms with van der Waals surface area (Å²) in [5.74, 6) is 2.97. The Morgan fingerprint density at radius 2 is 1.63 bits per heavy atom. The SMILES string of the molecule is C[C@@H](C(=O)NC12CC3CC(CC(C3)C1)C2)[NH+]1CC[NH+](C/C=C/c2ccccc2)CC1. The van der Waals surface area contributed by atoms with Gasteiger partial charge in [-0.05, 0) is 74.8 Å². The molecule has 4 heteroatoms. The van der Waals surface area contributed by atoms with E-state index in [0.717, 1.165) is 50.5 Å². The molecule has 1 aliphatic heterocycles. The van der Waals surface area contributed by atoms with Gasteiger partial charge in [-0.25, -0.2) is 0 Å². The van der Waals surface area contributed by atoms with Crippen LogP contribution in [-0.2, 0) is 4.79 Å². The normalized spacial score (nSPS) is 38.6. The van der Waals surface area contributed by atoms with Crippen molar-refractivity contribution in [1.82, 2.24) is 5.32 Å². The molecule has 5 aliphatic rings. The summed E-state index contributed by atoms with van der Waals surface area (Å²) in [5.41, 5.74) is 1.42. The van der Waals surface area contributed by atoms with Crippen molar-refractivity contribution in [3.05, 3.63) is 42.0 Å². The van der Waals surface area contributed by atoms with E-state index in [1.54, 1.807) is 4.90 Å². The van der Waals surface area contributed by atoms with Gasteiger partial charge in [-0.1, -0.05) is 36.4 Å². The maximum Gasteiger partial charge on any atom is 0.278 e. The van der Waals surface area contributed by atoms with Crippen molar-refractivity contribution in [3.63, 3.8) is 0 Å². The number of nitrogens with one attached hydrogen (secondary N) is 3. The predicted molar refractivity (Wildman–Crippen MR) is 120 cm³/mol. The van der Waals surface area contributed by atoms with Gasteiger partial charge in [-0.15, -0.1) is 0 Å². The highest BCUT2D eigenvalue weighted by Crippen LogP contribution is 2.55. The Morgan fingerprint density at radius 1 is 1.03 bits per heavy atom. The minimum Gasteiger partial charge on any atom is -0.345 e. The van der Waals surface area contributed by atoms with E-state index in [1.807, 2.05) is 0 Å². The molecular formula is C26H39N3O+2. The second-order valence-corrected chi connectivity index (χ2v) is 10.8. The summed E-state index contributed by atoms with van der Waals surface area (Å²) in [6.45, 7) is 7.75. The van der Waals surface area contributed by atoms with Gasteiger partial charge >= 0.3 is 0 Å². The van der Waals surface area contributed by atoms with Crippen LogP contribution in [0, 0.1) is 17.8 Å². The van der Waals surface area contributed by atoms with Crippen LogP contribution in [0.25, 0.3) is 6.08 Å². The number of carbonyl (C=O) groups is 1. The zero-order chi connectivity index (χ0) is 20.6. The zero-order valence-electron chi connectivity index (χ0n) is 18.5.